The lowest BCUT2D eigenvalue weighted by Gasteiger charge is -2.15. The van der Waals surface area contributed by atoms with E-state index in [1.54, 1.807) is 7.11 Å². The van der Waals surface area contributed by atoms with Crippen LogP contribution in [-0.4, -0.2) is 39.5 Å². The van der Waals surface area contributed by atoms with Gasteiger partial charge in [0, 0.05) is 24.2 Å². The van der Waals surface area contributed by atoms with Crippen LogP contribution in [0.15, 0.2) is 41.5 Å². The largest absolute Gasteiger partial charge is 0.497 e. The molecule has 0 unspecified atom stereocenters. The molecule has 0 radical (unpaired) electrons. The van der Waals surface area contributed by atoms with Gasteiger partial charge in [0.05, 0.1) is 13.4 Å². The van der Waals surface area contributed by atoms with Crippen molar-refractivity contribution < 1.29 is 9.53 Å². The Balaban J connectivity index is 1.70. The van der Waals surface area contributed by atoms with Gasteiger partial charge in [-0.15, -0.1) is 0 Å². The molecule has 0 aliphatic carbocycles. The molecule has 0 bridgehead atoms. The molecular formula is C18H17N5O3. The van der Waals surface area contributed by atoms with Crippen molar-refractivity contribution in [1.29, 1.82) is 0 Å². The van der Waals surface area contributed by atoms with Gasteiger partial charge in [-0.1, -0.05) is 12.1 Å². The number of nitrogens with one attached hydrogen (secondary N) is 3. The Morgan fingerprint density at radius 3 is 2.92 bits per heavy atom. The summed E-state index contributed by atoms with van der Waals surface area (Å²) in [5.41, 5.74) is 2.26. The van der Waals surface area contributed by atoms with E-state index < -0.39 is 0 Å². The fourth-order valence-corrected chi connectivity index (χ4v) is 3.11. The number of aromatic nitrogens is 4. The zero-order chi connectivity index (χ0) is 18.1. The highest BCUT2D eigenvalue weighted by atomic mass is 16.5. The minimum atomic E-state index is -0.277. The summed E-state index contributed by atoms with van der Waals surface area (Å²) in [6, 6.07) is 9.14. The third-order valence-corrected chi connectivity index (χ3v) is 4.44. The summed E-state index contributed by atoms with van der Waals surface area (Å²) >= 11 is 0. The second kappa shape index (κ2) is 6.47. The van der Waals surface area contributed by atoms with Gasteiger partial charge < -0.3 is 20.0 Å². The first-order valence-electron chi connectivity index (χ1n) is 8.20. The van der Waals surface area contributed by atoms with Crippen molar-refractivity contribution >= 4 is 5.91 Å². The third kappa shape index (κ3) is 2.97. The predicted octanol–water partition coefficient (Wildman–Crippen LogP) is 1.24. The van der Waals surface area contributed by atoms with Crippen LogP contribution in [0.1, 0.15) is 27.7 Å². The molecule has 1 aliphatic rings. The Morgan fingerprint density at radius 2 is 2.12 bits per heavy atom. The molecule has 0 saturated carbocycles. The number of carbonyl (C=O) groups is 1. The monoisotopic (exact) mass is 351 g/mol. The Labute approximate surface area is 148 Å². The summed E-state index contributed by atoms with van der Waals surface area (Å²) in [6.45, 7) is 0.509. The zero-order valence-corrected chi connectivity index (χ0v) is 14.1. The first-order valence-corrected chi connectivity index (χ1v) is 8.20. The minimum Gasteiger partial charge on any atom is -0.497 e. The summed E-state index contributed by atoms with van der Waals surface area (Å²) in [4.78, 5) is 38.0. The molecule has 1 atom stereocenters. The number of hydrogen-bond acceptors (Lipinski definition) is 5. The van der Waals surface area contributed by atoms with Crippen LogP contribution < -0.4 is 15.6 Å². The second-order valence-corrected chi connectivity index (χ2v) is 6.10. The van der Waals surface area contributed by atoms with Gasteiger partial charge in [-0.25, -0.2) is 9.97 Å². The van der Waals surface area contributed by atoms with Crippen molar-refractivity contribution in [1.82, 2.24) is 25.3 Å². The lowest BCUT2D eigenvalue weighted by molar-refractivity contribution is 0.0950. The maximum absolute atomic E-state index is 12.4. The molecule has 4 rings (SSSR count). The fraction of sp³-hybridized carbons (Fsp3) is 0.222. The summed E-state index contributed by atoms with van der Waals surface area (Å²) < 4.78 is 5.29. The minimum absolute atomic E-state index is 0.0794. The van der Waals surface area contributed by atoms with E-state index in [2.05, 4.69) is 25.3 Å². The lowest BCUT2D eigenvalue weighted by Crippen LogP contribution is -2.26. The van der Waals surface area contributed by atoms with Crippen LogP contribution in [0.25, 0.3) is 11.5 Å². The number of imidazole rings is 1. The number of rotatable bonds is 3. The molecule has 0 saturated heterocycles. The third-order valence-electron chi connectivity index (χ3n) is 4.44. The normalized spacial score (nSPS) is 16.5. The van der Waals surface area contributed by atoms with Crippen LogP contribution in [0.3, 0.4) is 0 Å². The van der Waals surface area contributed by atoms with E-state index in [9.17, 15) is 9.59 Å². The van der Waals surface area contributed by atoms with Crippen molar-refractivity contribution in [2.75, 3.05) is 13.7 Å². The number of hydrogen-bond donors (Lipinski definition) is 3. The van der Waals surface area contributed by atoms with Gasteiger partial charge in [-0.2, -0.15) is 0 Å². The van der Waals surface area contributed by atoms with E-state index in [1.165, 1.54) is 12.4 Å². The molecule has 8 heteroatoms. The average molecular weight is 351 g/mol. The van der Waals surface area contributed by atoms with E-state index >= 15 is 0 Å². The van der Waals surface area contributed by atoms with Crippen molar-refractivity contribution in [3.63, 3.8) is 0 Å². The van der Waals surface area contributed by atoms with Crippen LogP contribution in [0.5, 0.6) is 5.75 Å². The van der Waals surface area contributed by atoms with Crippen molar-refractivity contribution in [3.8, 4) is 17.3 Å². The fourth-order valence-electron chi connectivity index (χ4n) is 3.11. The molecule has 132 valence electrons. The predicted molar refractivity (Wildman–Crippen MR) is 94.2 cm³/mol. The summed E-state index contributed by atoms with van der Waals surface area (Å²) in [5, 5.41) is 2.91. The van der Waals surface area contributed by atoms with Crippen LogP contribution in [-0.2, 0) is 6.42 Å². The molecule has 26 heavy (non-hydrogen) atoms. The maximum Gasteiger partial charge on any atom is 0.271 e. The van der Waals surface area contributed by atoms with E-state index in [0.717, 1.165) is 17.0 Å². The summed E-state index contributed by atoms with van der Waals surface area (Å²) in [7, 11) is 1.63. The SMILES string of the molecule is COc1cccc([C@H]2CNC(=O)c3nc(-c4cc(=O)[nH]cn4)[nH]c3C2)c1. The number of amides is 1. The van der Waals surface area contributed by atoms with Gasteiger partial charge in [-0.3, -0.25) is 9.59 Å². The Kier molecular flexibility index (Phi) is 4.00. The topological polar surface area (TPSA) is 113 Å². The lowest BCUT2D eigenvalue weighted by atomic mass is 9.94. The number of ether oxygens (including phenoxy) is 1. The summed E-state index contributed by atoms with van der Waals surface area (Å²) in [5.74, 6) is 1.02. The quantitative estimate of drug-likeness (QED) is 0.657. The van der Waals surface area contributed by atoms with Crippen molar-refractivity contribution in [2.45, 2.75) is 12.3 Å². The van der Waals surface area contributed by atoms with Crippen LogP contribution in [0.4, 0.5) is 0 Å². The Bertz CT molecular complexity index is 1020. The van der Waals surface area contributed by atoms with Crippen molar-refractivity contribution in [2.24, 2.45) is 0 Å². The van der Waals surface area contributed by atoms with E-state index in [4.69, 9.17) is 4.74 Å². The zero-order valence-electron chi connectivity index (χ0n) is 14.1. The molecule has 0 fully saturated rings. The highest BCUT2D eigenvalue weighted by Crippen LogP contribution is 2.27. The number of carbonyl (C=O) groups excluding carboxylic acids is 1. The highest BCUT2D eigenvalue weighted by Gasteiger charge is 2.27. The van der Waals surface area contributed by atoms with Gasteiger partial charge in [0.2, 0.25) is 0 Å². The van der Waals surface area contributed by atoms with Crippen LogP contribution >= 0.6 is 0 Å². The molecule has 1 aliphatic heterocycles. The molecule has 0 spiro atoms. The molecule has 1 aromatic carbocycles. The van der Waals surface area contributed by atoms with E-state index in [0.29, 0.717) is 30.2 Å². The summed E-state index contributed by atoms with van der Waals surface area (Å²) in [6.07, 6.45) is 1.92. The molecular weight excluding hydrogens is 334 g/mol. The molecule has 8 nitrogen and oxygen atoms in total. The Morgan fingerprint density at radius 1 is 1.23 bits per heavy atom. The van der Waals surface area contributed by atoms with Gasteiger partial charge >= 0.3 is 0 Å². The second-order valence-electron chi connectivity index (χ2n) is 6.10. The molecule has 3 heterocycles. The first kappa shape index (κ1) is 16.1. The Hall–Kier alpha value is -3.42. The average Bonchev–Trinajstić information content (AvgIpc) is 3.02. The number of benzene rings is 1. The number of nitrogens with zero attached hydrogens (tertiary/aromatic N) is 2. The van der Waals surface area contributed by atoms with E-state index in [1.807, 2.05) is 24.3 Å². The highest BCUT2D eigenvalue weighted by molar-refractivity contribution is 5.94. The molecule has 3 N–H and O–H groups in total. The standard InChI is InChI=1S/C18H17N5O3/c1-26-12-4-2-3-10(5-12)11-6-13-16(18(25)19-8-11)23-17(22-13)14-7-15(24)21-9-20-14/h2-5,7,9,11H,6,8H2,1H3,(H,19,25)(H,22,23)(H,20,21,24)/t11-/m1/s1. The maximum atomic E-state index is 12.4. The number of methoxy groups -OCH3 is 1. The molecule has 2 aromatic heterocycles. The number of fused-ring (bicyclic) bond motifs is 1. The van der Waals surface area contributed by atoms with Gasteiger partial charge in [0.1, 0.15) is 17.1 Å². The number of aromatic amines is 2. The van der Waals surface area contributed by atoms with Crippen LogP contribution in [0.2, 0.25) is 0 Å². The molecule has 3 aromatic rings. The first-order chi connectivity index (χ1) is 12.6. The molecule has 1 amide bonds. The van der Waals surface area contributed by atoms with Crippen LogP contribution in [0, 0.1) is 0 Å². The van der Waals surface area contributed by atoms with E-state index in [-0.39, 0.29) is 17.4 Å². The smallest absolute Gasteiger partial charge is 0.271 e. The number of H-pyrrole nitrogens is 2. The van der Waals surface area contributed by atoms with Gasteiger partial charge in [0.15, 0.2) is 5.82 Å². The van der Waals surface area contributed by atoms with Gasteiger partial charge in [0.25, 0.3) is 11.5 Å². The van der Waals surface area contributed by atoms with Crippen molar-refractivity contribution in [3.05, 3.63) is 64.0 Å². The van der Waals surface area contributed by atoms with Gasteiger partial charge in [-0.05, 0) is 24.1 Å².